The zero-order valence-electron chi connectivity index (χ0n) is 10.2. The standard InChI is InChI=1S/C11H18N2O3S/c1-11(2)10(15)13(7-9(14)12-11)8-3-5-17(16)6-4-8/h8H,3-7H2,1-2H3,(H,12,14). The number of hydrogen-bond donors (Lipinski definition) is 1. The summed E-state index contributed by atoms with van der Waals surface area (Å²) < 4.78 is 11.3. The van der Waals surface area contributed by atoms with Crippen molar-refractivity contribution >= 4 is 22.6 Å². The first-order valence-corrected chi connectivity index (χ1v) is 7.36. The van der Waals surface area contributed by atoms with E-state index in [1.165, 1.54) is 0 Å². The maximum atomic E-state index is 12.2. The highest BCUT2D eigenvalue weighted by Gasteiger charge is 2.42. The van der Waals surface area contributed by atoms with Gasteiger partial charge in [-0.3, -0.25) is 13.8 Å². The number of piperazine rings is 1. The molecule has 2 rings (SSSR count). The van der Waals surface area contributed by atoms with Crippen LogP contribution in [0.15, 0.2) is 0 Å². The van der Waals surface area contributed by atoms with E-state index in [2.05, 4.69) is 5.32 Å². The van der Waals surface area contributed by atoms with Crippen molar-refractivity contribution in [1.82, 2.24) is 10.2 Å². The number of carbonyl (C=O) groups is 2. The van der Waals surface area contributed by atoms with Gasteiger partial charge in [0.15, 0.2) is 0 Å². The minimum atomic E-state index is -0.814. The Bertz CT molecular complexity index is 371. The van der Waals surface area contributed by atoms with Crippen molar-refractivity contribution in [1.29, 1.82) is 0 Å². The summed E-state index contributed by atoms with van der Waals surface area (Å²) in [4.78, 5) is 25.4. The number of amides is 2. The molecule has 0 aliphatic carbocycles. The van der Waals surface area contributed by atoms with Gasteiger partial charge in [-0.15, -0.1) is 0 Å². The molecule has 2 fully saturated rings. The molecule has 0 spiro atoms. The molecule has 2 amide bonds. The lowest BCUT2D eigenvalue weighted by Gasteiger charge is -2.42. The molecular weight excluding hydrogens is 240 g/mol. The quantitative estimate of drug-likeness (QED) is 0.698. The lowest BCUT2D eigenvalue weighted by molar-refractivity contribution is -0.151. The van der Waals surface area contributed by atoms with E-state index in [1.54, 1.807) is 18.7 Å². The van der Waals surface area contributed by atoms with Crippen molar-refractivity contribution in [3.05, 3.63) is 0 Å². The van der Waals surface area contributed by atoms with Crippen LogP contribution < -0.4 is 5.32 Å². The molecule has 0 bridgehead atoms. The van der Waals surface area contributed by atoms with E-state index in [4.69, 9.17) is 0 Å². The Kier molecular flexibility index (Phi) is 3.25. The zero-order valence-corrected chi connectivity index (χ0v) is 11.0. The molecule has 2 saturated heterocycles. The summed E-state index contributed by atoms with van der Waals surface area (Å²) in [6.45, 7) is 3.58. The molecule has 2 aliphatic rings. The Morgan fingerprint density at radius 3 is 2.47 bits per heavy atom. The van der Waals surface area contributed by atoms with Gasteiger partial charge in [-0.05, 0) is 26.7 Å². The van der Waals surface area contributed by atoms with Crippen LogP contribution in [0.3, 0.4) is 0 Å². The summed E-state index contributed by atoms with van der Waals surface area (Å²) in [5.41, 5.74) is -0.814. The van der Waals surface area contributed by atoms with Crippen molar-refractivity contribution < 1.29 is 13.8 Å². The molecule has 1 N–H and O–H groups in total. The molecule has 0 saturated carbocycles. The summed E-state index contributed by atoms with van der Waals surface area (Å²) in [6, 6.07) is 0.0746. The van der Waals surface area contributed by atoms with Crippen molar-refractivity contribution in [2.45, 2.75) is 38.3 Å². The lowest BCUT2D eigenvalue weighted by atomic mass is 9.97. The van der Waals surface area contributed by atoms with Gasteiger partial charge in [-0.2, -0.15) is 0 Å². The van der Waals surface area contributed by atoms with Crippen molar-refractivity contribution in [2.75, 3.05) is 18.1 Å². The topological polar surface area (TPSA) is 66.5 Å². The van der Waals surface area contributed by atoms with Crippen molar-refractivity contribution in [3.63, 3.8) is 0 Å². The molecule has 0 aromatic heterocycles. The molecular formula is C11H18N2O3S. The Hall–Kier alpha value is -0.910. The van der Waals surface area contributed by atoms with Crippen LogP contribution in [0.4, 0.5) is 0 Å². The number of nitrogens with zero attached hydrogens (tertiary/aromatic N) is 1. The lowest BCUT2D eigenvalue weighted by Crippen LogP contribution is -2.66. The Labute approximate surface area is 103 Å². The van der Waals surface area contributed by atoms with E-state index in [1.807, 2.05) is 0 Å². The van der Waals surface area contributed by atoms with Crippen LogP contribution in [0.25, 0.3) is 0 Å². The molecule has 6 heteroatoms. The molecule has 2 heterocycles. The smallest absolute Gasteiger partial charge is 0.248 e. The minimum Gasteiger partial charge on any atom is -0.341 e. The average molecular weight is 258 g/mol. The van der Waals surface area contributed by atoms with Crippen molar-refractivity contribution in [3.8, 4) is 0 Å². The van der Waals surface area contributed by atoms with Crippen LogP contribution in [0.2, 0.25) is 0 Å². The third-order valence-electron chi connectivity index (χ3n) is 3.36. The van der Waals surface area contributed by atoms with Crippen LogP contribution in [-0.2, 0) is 20.4 Å². The third kappa shape index (κ3) is 2.51. The second-order valence-corrected chi connectivity index (χ2v) is 6.88. The van der Waals surface area contributed by atoms with Crippen LogP contribution in [-0.4, -0.2) is 50.6 Å². The van der Waals surface area contributed by atoms with Gasteiger partial charge in [0.2, 0.25) is 11.8 Å². The summed E-state index contributed by atoms with van der Waals surface area (Å²) in [5, 5.41) is 2.69. The van der Waals surface area contributed by atoms with E-state index in [0.717, 1.165) is 12.8 Å². The normalized spacial score (nSPS) is 33.4. The predicted octanol–water partition coefficient (Wildman–Crippen LogP) is -0.365. The molecule has 0 atom stereocenters. The fraction of sp³-hybridized carbons (Fsp3) is 0.818. The Morgan fingerprint density at radius 2 is 1.88 bits per heavy atom. The second-order valence-electron chi connectivity index (χ2n) is 5.19. The van der Waals surface area contributed by atoms with Gasteiger partial charge < -0.3 is 10.2 Å². The predicted molar refractivity (Wildman–Crippen MR) is 64.8 cm³/mol. The summed E-state index contributed by atoms with van der Waals surface area (Å²) >= 11 is 0. The molecule has 5 nitrogen and oxygen atoms in total. The molecule has 0 aromatic carbocycles. The van der Waals surface area contributed by atoms with Gasteiger partial charge in [0.05, 0.1) is 6.54 Å². The van der Waals surface area contributed by atoms with Crippen molar-refractivity contribution in [2.24, 2.45) is 0 Å². The number of carbonyl (C=O) groups excluding carboxylic acids is 2. The Morgan fingerprint density at radius 1 is 1.29 bits per heavy atom. The zero-order chi connectivity index (χ0) is 12.6. The van der Waals surface area contributed by atoms with Gasteiger partial charge in [-0.25, -0.2) is 0 Å². The van der Waals surface area contributed by atoms with Crippen LogP contribution >= 0.6 is 0 Å². The highest BCUT2D eigenvalue weighted by Crippen LogP contribution is 2.22. The largest absolute Gasteiger partial charge is 0.341 e. The molecule has 96 valence electrons. The molecule has 17 heavy (non-hydrogen) atoms. The average Bonchev–Trinajstić information content (AvgIpc) is 2.24. The maximum absolute atomic E-state index is 12.2. The second kappa shape index (κ2) is 4.40. The molecule has 2 aliphatic heterocycles. The van der Waals surface area contributed by atoms with E-state index in [9.17, 15) is 13.8 Å². The van der Waals surface area contributed by atoms with E-state index in [0.29, 0.717) is 11.5 Å². The van der Waals surface area contributed by atoms with Gasteiger partial charge in [-0.1, -0.05) is 0 Å². The third-order valence-corrected chi connectivity index (χ3v) is 4.74. The Balaban J connectivity index is 2.11. The van der Waals surface area contributed by atoms with Gasteiger partial charge in [0.1, 0.15) is 5.54 Å². The van der Waals surface area contributed by atoms with Crippen LogP contribution in [0.1, 0.15) is 26.7 Å². The summed E-state index contributed by atoms with van der Waals surface area (Å²) in [6.07, 6.45) is 1.48. The number of rotatable bonds is 1. The summed E-state index contributed by atoms with van der Waals surface area (Å²) in [5.74, 6) is 1.13. The number of hydrogen-bond acceptors (Lipinski definition) is 3. The molecule has 0 unspecified atom stereocenters. The highest BCUT2D eigenvalue weighted by molar-refractivity contribution is 7.85. The van der Waals surface area contributed by atoms with Gasteiger partial charge in [0, 0.05) is 28.3 Å². The minimum absolute atomic E-state index is 0.0326. The first kappa shape index (κ1) is 12.5. The number of nitrogens with one attached hydrogen (secondary N) is 1. The maximum Gasteiger partial charge on any atom is 0.248 e. The first-order chi connectivity index (χ1) is 7.90. The molecule has 0 aromatic rings. The molecule has 0 radical (unpaired) electrons. The highest BCUT2D eigenvalue weighted by atomic mass is 32.2. The van der Waals surface area contributed by atoms with Gasteiger partial charge in [0.25, 0.3) is 0 Å². The SMILES string of the molecule is CC1(C)NC(=O)CN(C2CCS(=O)CC2)C1=O. The monoisotopic (exact) mass is 258 g/mol. The first-order valence-electron chi connectivity index (χ1n) is 5.87. The van der Waals surface area contributed by atoms with Crippen LogP contribution in [0.5, 0.6) is 0 Å². The van der Waals surface area contributed by atoms with E-state index in [-0.39, 0.29) is 24.4 Å². The van der Waals surface area contributed by atoms with E-state index >= 15 is 0 Å². The van der Waals surface area contributed by atoms with E-state index < -0.39 is 16.3 Å². The fourth-order valence-corrected chi connectivity index (χ4v) is 3.69. The van der Waals surface area contributed by atoms with Crippen LogP contribution in [0, 0.1) is 0 Å². The van der Waals surface area contributed by atoms with Gasteiger partial charge >= 0.3 is 0 Å². The fourth-order valence-electron chi connectivity index (χ4n) is 2.42. The summed E-state index contributed by atoms with van der Waals surface area (Å²) in [7, 11) is -0.743.